The van der Waals surface area contributed by atoms with Gasteiger partial charge >= 0.3 is 0 Å². The van der Waals surface area contributed by atoms with Gasteiger partial charge in [-0.25, -0.2) is 0 Å². The number of aryl methyl sites for hydroxylation is 1. The molecule has 19 heavy (non-hydrogen) atoms. The van der Waals surface area contributed by atoms with E-state index in [1.807, 2.05) is 22.5 Å². The largest absolute Gasteiger partial charge is 0.397 e. The second-order valence-corrected chi connectivity index (χ2v) is 5.65. The number of hydrogen-bond acceptors (Lipinski definition) is 3. The quantitative estimate of drug-likeness (QED) is 0.685. The summed E-state index contributed by atoms with van der Waals surface area (Å²) in [6.07, 6.45) is 8.36. The van der Waals surface area contributed by atoms with Crippen LogP contribution in [0.2, 0.25) is 0 Å². The van der Waals surface area contributed by atoms with Gasteiger partial charge in [0.05, 0.1) is 5.69 Å². The fourth-order valence-corrected chi connectivity index (χ4v) is 2.48. The average molecular weight is 283 g/mol. The smallest absolute Gasteiger partial charge is 0.267 e. The number of nitrogens with zero attached hydrogens (tertiary/aromatic N) is 1. The molecule has 0 spiro atoms. The Hall–Kier alpha value is -1.10. The summed E-state index contributed by atoms with van der Waals surface area (Å²) >= 11 is 1.87. The van der Waals surface area contributed by atoms with Crippen molar-refractivity contribution in [3.63, 3.8) is 0 Å². The van der Waals surface area contributed by atoms with Crippen LogP contribution in [-0.4, -0.2) is 29.0 Å². The van der Waals surface area contributed by atoms with Gasteiger partial charge in [-0.3, -0.25) is 4.79 Å². The van der Waals surface area contributed by atoms with E-state index in [4.69, 9.17) is 5.73 Å². The standard InChI is InChI=1S/C14H25N3OS/c1-3-8-17-11-12(15)10-13(17)14(18)16-7-5-4-6-9-19-2/h10-11H,3-9,15H2,1-2H3,(H,16,18). The molecule has 0 aliphatic heterocycles. The summed E-state index contributed by atoms with van der Waals surface area (Å²) in [5, 5.41) is 2.97. The van der Waals surface area contributed by atoms with Crippen LogP contribution < -0.4 is 11.1 Å². The van der Waals surface area contributed by atoms with Crippen molar-refractivity contribution in [3.05, 3.63) is 18.0 Å². The highest BCUT2D eigenvalue weighted by Gasteiger charge is 2.11. The minimum Gasteiger partial charge on any atom is -0.397 e. The molecule has 4 nitrogen and oxygen atoms in total. The third kappa shape index (κ3) is 5.59. The highest BCUT2D eigenvalue weighted by atomic mass is 32.2. The van der Waals surface area contributed by atoms with Gasteiger partial charge in [0.15, 0.2) is 0 Å². The molecule has 1 aromatic rings. The van der Waals surface area contributed by atoms with Crippen LogP contribution >= 0.6 is 11.8 Å². The summed E-state index contributed by atoms with van der Waals surface area (Å²) in [4.78, 5) is 12.1. The van der Waals surface area contributed by atoms with Crippen molar-refractivity contribution < 1.29 is 4.79 Å². The minimum atomic E-state index is -0.0185. The topological polar surface area (TPSA) is 60.0 Å². The lowest BCUT2D eigenvalue weighted by molar-refractivity contribution is 0.0943. The van der Waals surface area contributed by atoms with E-state index in [9.17, 15) is 4.79 Å². The van der Waals surface area contributed by atoms with Gasteiger partial charge in [-0.15, -0.1) is 0 Å². The van der Waals surface area contributed by atoms with Crippen LogP contribution in [0, 0.1) is 0 Å². The summed E-state index contributed by atoms with van der Waals surface area (Å²) in [6, 6.07) is 1.75. The molecule has 1 aromatic heterocycles. The van der Waals surface area contributed by atoms with Crippen LogP contribution in [0.5, 0.6) is 0 Å². The SMILES string of the molecule is CCCn1cc(N)cc1C(=O)NCCCCCSC. The predicted octanol–water partition coefficient (Wildman–Crippen LogP) is 2.74. The van der Waals surface area contributed by atoms with Crippen molar-refractivity contribution in [1.29, 1.82) is 0 Å². The number of anilines is 1. The molecule has 0 aliphatic carbocycles. The Balaban J connectivity index is 2.36. The monoisotopic (exact) mass is 283 g/mol. The normalized spacial score (nSPS) is 10.6. The van der Waals surface area contributed by atoms with Crippen LogP contribution in [-0.2, 0) is 6.54 Å². The van der Waals surface area contributed by atoms with Crippen LogP contribution in [0.4, 0.5) is 5.69 Å². The Morgan fingerprint density at radius 3 is 2.89 bits per heavy atom. The fourth-order valence-electron chi connectivity index (χ4n) is 1.99. The molecule has 108 valence electrons. The maximum Gasteiger partial charge on any atom is 0.267 e. The average Bonchev–Trinajstić information content (AvgIpc) is 2.75. The van der Waals surface area contributed by atoms with Crippen molar-refractivity contribution >= 4 is 23.4 Å². The predicted molar refractivity (Wildman–Crippen MR) is 83.7 cm³/mol. The van der Waals surface area contributed by atoms with E-state index in [0.29, 0.717) is 11.4 Å². The Morgan fingerprint density at radius 2 is 2.21 bits per heavy atom. The number of amides is 1. The van der Waals surface area contributed by atoms with Crippen molar-refractivity contribution in [2.75, 3.05) is 24.3 Å². The third-order valence-electron chi connectivity index (χ3n) is 2.93. The molecule has 0 atom stereocenters. The number of thioether (sulfide) groups is 1. The van der Waals surface area contributed by atoms with Crippen molar-refractivity contribution in [2.24, 2.45) is 0 Å². The minimum absolute atomic E-state index is 0.0185. The maximum atomic E-state index is 12.1. The van der Waals surface area contributed by atoms with Crippen molar-refractivity contribution in [1.82, 2.24) is 9.88 Å². The summed E-state index contributed by atoms with van der Waals surface area (Å²) in [7, 11) is 0. The second kappa shape index (κ2) is 8.91. The van der Waals surface area contributed by atoms with Crippen LogP contribution in [0.1, 0.15) is 43.1 Å². The number of aromatic nitrogens is 1. The first-order chi connectivity index (χ1) is 9.19. The van der Waals surface area contributed by atoms with E-state index in [0.717, 1.165) is 25.9 Å². The van der Waals surface area contributed by atoms with Crippen LogP contribution in [0.3, 0.4) is 0 Å². The molecule has 3 N–H and O–H groups in total. The molecule has 0 aliphatic rings. The summed E-state index contributed by atoms with van der Waals surface area (Å²) in [6.45, 7) is 3.65. The number of carbonyl (C=O) groups is 1. The first-order valence-electron chi connectivity index (χ1n) is 6.91. The Labute approximate surface area is 120 Å². The fraction of sp³-hybridized carbons (Fsp3) is 0.643. The van der Waals surface area contributed by atoms with E-state index in [-0.39, 0.29) is 5.91 Å². The molecule has 1 rings (SSSR count). The molecule has 0 saturated carbocycles. The molecular weight excluding hydrogens is 258 g/mol. The molecule has 0 bridgehead atoms. The van der Waals surface area contributed by atoms with Crippen molar-refractivity contribution in [3.8, 4) is 0 Å². The third-order valence-corrected chi connectivity index (χ3v) is 3.62. The zero-order valence-corrected chi connectivity index (χ0v) is 12.8. The Kier molecular flexibility index (Phi) is 7.48. The van der Waals surface area contributed by atoms with Gasteiger partial charge < -0.3 is 15.6 Å². The molecule has 5 heteroatoms. The molecule has 0 aromatic carbocycles. The Bertz CT molecular complexity index is 390. The molecule has 0 saturated heterocycles. The highest BCUT2D eigenvalue weighted by molar-refractivity contribution is 7.98. The number of carbonyl (C=O) groups excluding carboxylic acids is 1. The number of nitrogen functional groups attached to an aromatic ring is 1. The molecule has 0 radical (unpaired) electrons. The van der Waals surface area contributed by atoms with Gasteiger partial charge in [0.1, 0.15) is 5.69 Å². The maximum absolute atomic E-state index is 12.1. The zero-order chi connectivity index (χ0) is 14.1. The highest BCUT2D eigenvalue weighted by Crippen LogP contribution is 2.11. The molecular formula is C14H25N3OS. The summed E-state index contributed by atoms with van der Waals surface area (Å²) in [5.41, 5.74) is 7.08. The molecule has 0 fully saturated rings. The number of nitrogens with two attached hydrogens (primary N) is 1. The molecule has 1 amide bonds. The van der Waals surface area contributed by atoms with E-state index >= 15 is 0 Å². The number of nitrogens with one attached hydrogen (secondary N) is 1. The number of unbranched alkanes of at least 4 members (excludes halogenated alkanes) is 2. The lowest BCUT2D eigenvalue weighted by Gasteiger charge is -2.08. The zero-order valence-electron chi connectivity index (χ0n) is 11.9. The van der Waals surface area contributed by atoms with Crippen LogP contribution in [0.25, 0.3) is 0 Å². The number of rotatable bonds is 9. The van der Waals surface area contributed by atoms with E-state index in [1.165, 1.54) is 18.6 Å². The van der Waals surface area contributed by atoms with E-state index < -0.39 is 0 Å². The van der Waals surface area contributed by atoms with Gasteiger partial charge in [0.25, 0.3) is 5.91 Å². The van der Waals surface area contributed by atoms with E-state index in [2.05, 4.69) is 18.5 Å². The Morgan fingerprint density at radius 1 is 1.42 bits per heavy atom. The summed E-state index contributed by atoms with van der Waals surface area (Å²) < 4.78 is 1.93. The van der Waals surface area contributed by atoms with Gasteiger partial charge in [-0.1, -0.05) is 13.3 Å². The first kappa shape index (κ1) is 16.0. The number of hydrogen-bond donors (Lipinski definition) is 2. The van der Waals surface area contributed by atoms with Crippen LogP contribution in [0.15, 0.2) is 12.3 Å². The second-order valence-electron chi connectivity index (χ2n) is 4.66. The molecule has 0 unspecified atom stereocenters. The molecule has 1 heterocycles. The van der Waals surface area contributed by atoms with Gasteiger partial charge in [0.2, 0.25) is 0 Å². The lowest BCUT2D eigenvalue weighted by atomic mass is 10.2. The lowest BCUT2D eigenvalue weighted by Crippen LogP contribution is -2.26. The van der Waals surface area contributed by atoms with E-state index in [1.54, 1.807) is 6.07 Å². The summed E-state index contributed by atoms with van der Waals surface area (Å²) in [5.74, 6) is 1.18. The van der Waals surface area contributed by atoms with Gasteiger partial charge in [-0.05, 0) is 37.3 Å². The van der Waals surface area contributed by atoms with Gasteiger partial charge in [0, 0.05) is 19.3 Å². The van der Waals surface area contributed by atoms with Crippen molar-refractivity contribution in [2.45, 2.75) is 39.2 Å². The van der Waals surface area contributed by atoms with Gasteiger partial charge in [-0.2, -0.15) is 11.8 Å². The first-order valence-corrected chi connectivity index (χ1v) is 8.31.